The molecular formula is C42H59NO5S. The molecule has 7 heteroatoms. The number of rotatable bonds is 9. The molecule has 1 amide bonds. The molecule has 0 saturated heterocycles. The Morgan fingerprint density at radius 2 is 1.61 bits per heavy atom. The predicted octanol–water partition coefficient (Wildman–Crippen LogP) is 9.36. The second-order valence-electron chi connectivity index (χ2n) is 17.9. The van der Waals surface area contributed by atoms with Crippen molar-refractivity contribution in [2.75, 3.05) is 12.0 Å². The largest absolute Gasteiger partial charge is 0.480 e. The zero-order chi connectivity index (χ0) is 35.7. The van der Waals surface area contributed by atoms with Crippen molar-refractivity contribution in [1.82, 2.24) is 5.32 Å². The first-order valence-corrected chi connectivity index (χ1v) is 20.1. The number of carbonyl (C=O) groups is 3. The van der Waals surface area contributed by atoms with Crippen molar-refractivity contribution in [3.05, 3.63) is 53.6 Å². The minimum atomic E-state index is -0.937. The summed E-state index contributed by atoms with van der Waals surface area (Å²) in [4.78, 5) is 38.2. The third-order valence-electron chi connectivity index (χ3n) is 15.8. The lowest BCUT2D eigenvalue weighted by molar-refractivity contribution is -0.225. The van der Waals surface area contributed by atoms with Crippen molar-refractivity contribution in [3.63, 3.8) is 0 Å². The summed E-state index contributed by atoms with van der Waals surface area (Å²) in [6, 6.07) is 6.60. The van der Waals surface area contributed by atoms with Gasteiger partial charge >= 0.3 is 11.9 Å². The fourth-order valence-corrected chi connectivity index (χ4v) is 13.7. The van der Waals surface area contributed by atoms with Gasteiger partial charge in [-0.1, -0.05) is 65.0 Å². The molecule has 268 valence electrons. The number of hydrogen-bond acceptors (Lipinski definition) is 4. The van der Waals surface area contributed by atoms with Crippen LogP contribution in [0.3, 0.4) is 0 Å². The fraction of sp³-hybridized carbons (Fsp3) is 0.690. The number of aromatic carboxylic acids is 1. The molecule has 49 heavy (non-hydrogen) atoms. The first-order chi connectivity index (χ1) is 23.0. The molecule has 4 fully saturated rings. The Hall–Kier alpha value is -2.54. The zero-order valence-electron chi connectivity index (χ0n) is 30.9. The number of benzene rings is 1. The Morgan fingerprint density at radius 1 is 0.918 bits per heavy atom. The van der Waals surface area contributed by atoms with Gasteiger partial charge in [0.25, 0.3) is 0 Å². The molecule has 0 heterocycles. The van der Waals surface area contributed by atoms with Gasteiger partial charge in [-0.15, -0.1) is 0 Å². The lowest BCUT2D eigenvalue weighted by atomic mass is 9.32. The maximum atomic E-state index is 14.5. The molecule has 5 aliphatic rings. The third-order valence-corrected chi connectivity index (χ3v) is 16.4. The molecule has 0 aliphatic heterocycles. The highest BCUT2D eigenvalue weighted by Crippen LogP contribution is 2.77. The SMILES string of the molecule is C=C(C)[C@@H]1CC[C@]2(C(=O)N[C@@H](CCSC)C(=O)O)CC[C@]3(C)[C@H](CC[C@@H]4[C@@]5(C)CC=C(c6ccc(C(=O)O)cc6)C(C)(C)[C@@H]5CC[C@]43C)[C@@H]12. The van der Waals surface area contributed by atoms with E-state index in [2.05, 4.69) is 59.5 Å². The van der Waals surface area contributed by atoms with Gasteiger partial charge in [0, 0.05) is 0 Å². The lowest BCUT2D eigenvalue weighted by Crippen LogP contribution is -2.66. The van der Waals surface area contributed by atoms with Crippen LogP contribution < -0.4 is 5.32 Å². The van der Waals surface area contributed by atoms with Gasteiger partial charge in [0.05, 0.1) is 11.0 Å². The van der Waals surface area contributed by atoms with Gasteiger partial charge in [-0.3, -0.25) is 4.79 Å². The van der Waals surface area contributed by atoms with Crippen LogP contribution in [-0.4, -0.2) is 46.1 Å². The van der Waals surface area contributed by atoms with Crippen LogP contribution in [0.25, 0.3) is 5.57 Å². The number of amides is 1. The van der Waals surface area contributed by atoms with E-state index in [0.29, 0.717) is 35.5 Å². The summed E-state index contributed by atoms with van der Waals surface area (Å²) in [5, 5.41) is 22.6. The van der Waals surface area contributed by atoms with E-state index in [1.165, 1.54) is 17.6 Å². The van der Waals surface area contributed by atoms with E-state index in [4.69, 9.17) is 0 Å². The molecule has 0 radical (unpaired) electrons. The van der Waals surface area contributed by atoms with Crippen LogP contribution >= 0.6 is 11.8 Å². The van der Waals surface area contributed by atoms with Crippen molar-refractivity contribution in [3.8, 4) is 0 Å². The van der Waals surface area contributed by atoms with Crippen molar-refractivity contribution >= 4 is 35.2 Å². The first-order valence-electron chi connectivity index (χ1n) is 18.7. The molecule has 4 saturated carbocycles. The molecule has 0 spiro atoms. The number of carboxylic acids is 2. The monoisotopic (exact) mass is 689 g/mol. The number of nitrogens with one attached hydrogen (secondary N) is 1. The van der Waals surface area contributed by atoms with Crippen LogP contribution in [0.5, 0.6) is 0 Å². The first kappa shape index (κ1) is 36.3. The molecule has 1 aromatic rings. The molecule has 0 aromatic heterocycles. The summed E-state index contributed by atoms with van der Waals surface area (Å²) in [6.45, 7) is 19.2. The third kappa shape index (κ3) is 5.37. The van der Waals surface area contributed by atoms with E-state index in [9.17, 15) is 24.6 Å². The molecule has 1 aromatic carbocycles. The molecule has 3 N–H and O–H groups in total. The Kier molecular flexibility index (Phi) is 9.32. The lowest BCUT2D eigenvalue weighted by Gasteiger charge is -2.72. The average molecular weight is 690 g/mol. The number of hydrogen-bond donors (Lipinski definition) is 3. The Bertz CT molecular complexity index is 1550. The minimum Gasteiger partial charge on any atom is -0.480 e. The van der Waals surface area contributed by atoms with E-state index in [1.807, 2.05) is 18.4 Å². The summed E-state index contributed by atoms with van der Waals surface area (Å²) < 4.78 is 0. The number of aliphatic carboxylic acids is 1. The minimum absolute atomic E-state index is 0.0252. The Labute approximate surface area is 298 Å². The number of carboxylic acid groups (broad SMARTS) is 2. The average Bonchev–Trinajstić information content (AvgIpc) is 3.44. The van der Waals surface area contributed by atoms with Gasteiger partial charge < -0.3 is 15.5 Å². The predicted molar refractivity (Wildman–Crippen MR) is 198 cm³/mol. The molecule has 6 nitrogen and oxygen atoms in total. The highest BCUT2D eigenvalue weighted by Gasteiger charge is 2.71. The summed E-state index contributed by atoms with van der Waals surface area (Å²) >= 11 is 1.61. The van der Waals surface area contributed by atoms with Crippen molar-refractivity contribution in [2.45, 2.75) is 112 Å². The van der Waals surface area contributed by atoms with Gasteiger partial charge in [0.2, 0.25) is 5.91 Å². The molecule has 0 bridgehead atoms. The van der Waals surface area contributed by atoms with E-state index in [0.717, 1.165) is 56.9 Å². The zero-order valence-corrected chi connectivity index (χ0v) is 31.7. The maximum Gasteiger partial charge on any atom is 0.335 e. The van der Waals surface area contributed by atoms with E-state index in [-0.39, 0.29) is 39.4 Å². The smallest absolute Gasteiger partial charge is 0.335 e. The standard InChI is InChI=1S/C42H59NO5S/c1-25(2)28-15-21-42(37(48)43-31(36(46)47)18-24-49-8)23-22-40(6)30(34(28)42)13-14-33-39(5)19-16-29(26-9-11-27(12-10-26)35(44)45)38(3,4)32(39)17-20-41(33,40)7/h9-12,16,28,30-34H,1,13-15,17-24H2,2-8H3,(H,43,48)(H,44,45)(H,46,47)/t28-,30+,31-,32-,33+,34+,39-,40+,41+,42-/m0/s1. The Morgan fingerprint density at radius 3 is 2.22 bits per heavy atom. The van der Waals surface area contributed by atoms with Crippen LogP contribution in [0, 0.1) is 56.7 Å². The van der Waals surface area contributed by atoms with E-state index >= 15 is 0 Å². The summed E-state index contributed by atoms with van der Waals surface area (Å²) in [7, 11) is 0. The van der Waals surface area contributed by atoms with Gasteiger partial charge in [0.1, 0.15) is 6.04 Å². The van der Waals surface area contributed by atoms with Gasteiger partial charge in [0.15, 0.2) is 0 Å². The van der Waals surface area contributed by atoms with Crippen LogP contribution in [0.4, 0.5) is 0 Å². The number of allylic oxidation sites excluding steroid dienone is 3. The number of fused-ring (bicyclic) bond motifs is 7. The van der Waals surface area contributed by atoms with Gasteiger partial charge in [-0.2, -0.15) is 11.8 Å². The highest BCUT2D eigenvalue weighted by molar-refractivity contribution is 7.98. The number of carbonyl (C=O) groups excluding carboxylic acids is 1. The summed E-state index contributed by atoms with van der Waals surface area (Å²) in [5.74, 6) is 0.768. The topological polar surface area (TPSA) is 104 Å². The van der Waals surface area contributed by atoms with E-state index < -0.39 is 23.4 Å². The Balaban J connectivity index is 1.33. The molecule has 0 unspecified atom stereocenters. The molecule has 6 rings (SSSR count). The quantitative estimate of drug-likeness (QED) is 0.223. The van der Waals surface area contributed by atoms with Crippen LogP contribution in [0.15, 0.2) is 42.5 Å². The van der Waals surface area contributed by atoms with Crippen molar-refractivity contribution < 1.29 is 24.6 Å². The van der Waals surface area contributed by atoms with Crippen LogP contribution in [-0.2, 0) is 9.59 Å². The summed E-state index contributed by atoms with van der Waals surface area (Å²) in [5.41, 5.74) is 3.72. The molecule has 5 aliphatic carbocycles. The fourth-order valence-electron chi connectivity index (χ4n) is 13.2. The second kappa shape index (κ2) is 12.6. The highest BCUT2D eigenvalue weighted by atomic mass is 32.2. The van der Waals surface area contributed by atoms with Gasteiger partial charge in [-0.25, -0.2) is 9.59 Å². The van der Waals surface area contributed by atoms with Crippen LogP contribution in [0.2, 0.25) is 0 Å². The van der Waals surface area contributed by atoms with Crippen molar-refractivity contribution in [2.24, 2.45) is 56.7 Å². The molecular weight excluding hydrogens is 631 g/mol. The molecule has 10 atom stereocenters. The van der Waals surface area contributed by atoms with E-state index in [1.54, 1.807) is 23.9 Å². The van der Waals surface area contributed by atoms with Gasteiger partial charge in [-0.05, 0) is 158 Å². The second-order valence-corrected chi connectivity index (χ2v) is 18.9. The normalized spacial score (nSPS) is 39.7. The number of thioether (sulfide) groups is 1. The van der Waals surface area contributed by atoms with Crippen molar-refractivity contribution in [1.29, 1.82) is 0 Å². The maximum absolute atomic E-state index is 14.5. The van der Waals surface area contributed by atoms with Crippen LogP contribution in [0.1, 0.15) is 122 Å². The summed E-state index contributed by atoms with van der Waals surface area (Å²) in [6.07, 6.45) is 14.1.